The summed E-state index contributed by atoms with van der Waals surface area (Å²) in [4.78, 5) is 2.22. The molecular weight excluding hydrogens is 276 g/mol. The summed E-state index contributed by atoms with van der Waals surface area (Å²) in [6, 6.07) is 7.86. The first-order valence-electron chi connectivity index (χ1n) is 6.66. The molecule has 114 valence electrons. The molecule has 1 atom stereocenters. The molecule has 0 radical (unpaired) electrons. The molecule has 0 aromatic heterocycles. The van der Waals surface area contributed by atoms with Crippen molar-refractivity contribution in [3.8, 4) is 0 Å². The second-order valence-corrected chi connectivity index (χ2v) is 5.73. The maximum atomic E-state index is 5.97. The zero-order chi connectivity index (χ0) is 15.2. The molecule has 1 aromatic carbocycles. The van der Waals surface area contributed by atoms with Crippen LogP contribution in [0.1, 0.15) is 18.9 Å². The van der Waals surface area contributed by atoms with Gasteiger partial charge in [-0.3, -0.25) is 4.90 Å². The average Bonchev–Trinajstić information content (AvgIpc) is 2.46. The van der Waals surface area contributed by atoms with Gasteiger partial charge in [-0.15, -0.1) is 0 Å². The standard InChI is InChI=1S/C15H25ClN2O2/c1-15(11-17,9-14(19-3)20-4)18(2)10-12-5-7-13(16)8-6-12/h5-8,14H,9-11,17H2,1-4H3. The van der Waals surface area contributed by atoms with Crippen molar-refractivity contribution in [3.63, 3.8) is 0 Å². The van der Waals surface area contributed by atoms with Crippen LogP contribution in [0.4, 0.5) is 0 Å². The lowest BCUT2D eigenvalue weighted by Crippen LogP contribution is -2.51. The maximum absolute atomic E-state index is 5.97. The van der Waals surface area contributed by atoms with Gasteiger partial charge in [0, 0.05) is 44.3 Å². The topological polar surface area (TPSA) is 47.7 Å². The van der Waals surface area contributed by atoms with Crippen molar-refractivity contribution in [3.05, 3.63) is 34.9 Å². The molecule has 0 aliphatic heterocycles. The van der Waals surface area contributed by atoms with Gasteiger partial charge in [-0.05, 0) is 31.7 Å². The Morgan fingerprint density at radius 1 is 1.25 bits per heavy atom. The molecule has 0 spiro atoms. The molecule has 5 heteroatoms. The Bertz CT molecular complexity index is 395. The van der Waals surface area contributed by atoms with Crippen LogP contribution in [0.15, 0.2) is 24.3 Å². The molecule has 0 amide bonds. The summed E-state index contributed by atoms with van der Waals surface area (Å²) in [6.45, 7) is 3.44. The van der Waals surface area contributed by atoms with E-state index in [2.05, 4.69) is 18.9 Å². The van der Waals surface area contributed by atoms with E-state index >= 15 is 0 Å². The fourth-order valence-electron chi connectivity index (χ4n) is 2.07. The van der Waals surface area contributed by atoms with Crippen LogP contribution in [-0.4, -0.2) is 44.5 Å². The molecule has 4 nitrogen and oxygen atoms in total. The molecular formula is C15H25ClN2O2. The Morgan fingerprint density at radius 3 is 2.25 bits per heavy atom. The number of hydrogen-bond donors (Lipinski definition) is 1. The van der Waals surface area contributed by atoms with Crippen LogP contribution in [0, 0.1) is 0 Å². The third kappa shape index (κ3) is 4.72. The largest absolute Gasteiger partial charge is 0.356 e. The van der Waals surface area contributed by atoms with Gasteiger partial charge in [0.2, 0.25) is 0 Å². The third-order valence-corrected chi connectivity index (χ3v) is 4.08. The number of ether oxygens (including phenoxy) is 2. The molecule has 2 N–H and O–H groups in total. The highest BCUT2D eigenvalue weighted by molar-refractivity contribution is 6.30. The monoisotopic (exact) mass is 300 g/mol. The molecule has 0 bridgehead atoms. The molecule has 0 saturated carbocycles. The van der Waals surface area contributed by atoms with E-state index < -0.39 is 0 Å². The van der Waals surface area contributed by atoms with Crippen LogP contribution in [0.25, 0.3) is 0 Å². The van der Waals surface area contributed by atoms with Crippen molar-refractivity contribution in [2.45, 2.75) is 31.7 Å². The summed E-state index contributed by atoms with van der Waals surface area (Å²) in [5.74, 6) is 0. The summed E-state index contributed by atoms with van der Waals surface area (Å²) < 4.78 is 10.6. The number of likely N-dealkylation sites (N-methyl/N-ethyl adjacent to an activating group) is 1. The van der Waals surface area contributed by atoms with Gasteiger partial charge in [0.05, 0.1) is 0 Å². The van der Waals surface area contributed by atoms with E-state index in [0.717, 1.165) is 11.6 Å². The zero-order valence-electron chi connectivity index (χ0n) is 12.7. The Hall–Kier alpha value is -0.650. The summed E-state index contributed by atoms with van der Waals surface area (Å²) in [5.41, 5.74) is 6.97. The summed E-state index contributed by atoms with van der Waals surface area (Å²) in [6.07, 6.45) is 0.455. The van der Waals surface area contributed by atoms with Crippen LogP contribution >= 0.6 is 11.6 Å². The minimum Gasteiger partial charge on any atom is -0.356 e. The van der Waals surface area contributed by atoms with Crippen molar-refractivity contribution < 1.29 is 9.47 Å². The first kappa shape index (κ1) is 17.4. The molecule has 0 saturated heterocycles. The molecule has 0 fully saturated rings. The third-order valence-electron chi connectivity index (χ3n) is 3.83. The summed E-state index contributed by atoms with van der Waals surface area (Å²) in [5, 5.41) is 0.747. The summed E-state index contributed by atoms with van der Waals surface area (Å²) >= 11 is 5.91. The number of methoxy groups -OCH3 is 2. The van der Waals surface area contributed by atoms with Gasteiger partial charge in [-0.1, -0.05) is 23.7 Å². The number of rotatable bonds is 8. The van der Waals surface area contributed by atoms with Crippen molar-refractivity contribution in [2.24, 2.45) is 5.73 Å². The van der Waals surface area contributed by atoms with Gasteiger partial charge in [0.15, 0.2) is 6.29 Å². The molecule has 0 aliphatic carbocycles. The van der Waals surface area contributed by atoms with Crippen LogP contribution in [0.3, 0.4) is 0 Å². The number of nitrogens with two attached hydrogens (primary N) is 1. The van der Waals surface area contributed by atoms with Gasteiger partial charge < -0.3 is 15.2 Å². The zero-order valence-corrected chi connectivity index (χ0v) is 13.5. The predicted octanol–water partition coefficient (Wildman–Crippen LogP) is 2.50. The maximum Gasteiger partial charge on any atom is 0.158 e. The molecule has 20 heavy (non-hydrogen) atoms. The lowest BCUT2D eigenvalue weighted by atomic mass is 9.95. The first-order valence-corrected chi connectivity index (χ1v) is 7.04. The highest BCUT2D eigenvalue weighted by Gasteiger charge is 2.31. The average molecular weight is 301 g/mol. The van der Waals surface area contributed by atoms with Crippen LogP contribution in [0.5, 0.6) is 0 Å². The Labute approximate surface area is 126 Å². The van der Waals surface area contributed by atoms with Crippen molar-refractivity contribution in [1.29, 1.82) is 0 Å². The number of benzene rings is 1. The number of nitrogens with zero attached hydrogens (tertiary/aromatic N) is 1. The number of hydrogen-bond acceptors (Lipinski definition) is 4. The van der Waals surface area contributed by atoms with E-state index in [4.69, 9.17) is 26.8 Å². The Morgan fingerprint density at radius 2 is 1.80 bits per heavy atom. The molecule has 1 unspecified atom stereocenters. The second kappa shape index (κ2) is 7.96. The number of halogens is 1. The van der Waals surface area contributed by atoms with E-state index in [-0.39, 0.29) is 11.8 Å². The minimum absolute atomic E-state index is 0.198. The van der Waals surface area contributed by atoms with E-state index in [1.54, 1.807) is 14.2 Å². The Balaban J connectivity index is 2.74. The smallest absolute Gasteiger partial charge is 0.158 e. The van der Waals surface area contributed by atoms with E-state index in [9.17, 15) is 0 Å². The SMILES string of the molecule is COC(CC(C)(CN)N(C)Cc1ccc(Cl)cc1)OC. The predicted molar refractivity (Wildman–Crippen MR) is 82.8 cm³/mol. The molecule has 0 aliphatic rings. The molecule has 1 rings (SSSR count). The molecule has 0 heterocycles. The Kier molecular flexibility index (Phi) is 6.92. The van der Waals surface area contributed by atoms with Gasteiger partial charge in [0.1, 0.15) is 0 Å². The van der Waals surface area contributed by atoms with Crippen LogP contribution in [0.2, 0.25) is 5.02 Å². The normalized spacial score (nSPS) is 14.8. The van der Waals surface area contributed by atoms with Gasteiger partial charge in [-0.25, -0.2) is 0 Å². The van der Waals surface area contributed by atoms with Gasteiger partial charge >= 0.3 is 0 Å². The second-order valence-electron chi connectivity index (χ2n) is 5.29. The van der Waals surface area contributed by atoms with Crippen molar-refractivity contribution >= 4 is 11.6 Å². The van der Waals surface area contributed by atoms with E-state index in [1.807, 2.05) is 24.3 Å². The lowest BCUT2D eigenvalue weighted by molar-refractivity contribution is -0.127. The van der Waals surface area contributed by atoms with Gasteiger partial charge in [-0.2, -0.15) is 0 Å². The summed E-state index contributed by atoms with van der Waals surface area (Å²) in [7, 11) is 5.35. The fourth-order valence-corrected chi connectivity index (χ4v) is 2.20. The first-order chi connectivity index (χ1) is 9.45. The van der Waals surface area contributed by atoms with E-state index in [1.165, 1.54) is 5.56 Å². The molecule has 1 aromatic rings. The van der Waals surface area contributed by atoms with Crippen LogP contribution in [-0.2, 0) is 16.0 Å². The van der Waals surface area contributed by atoms with E-state index in [0.29, 0.717) is 13.0 Å². The fraction of sp³-hybridized carbons (Fsp3) is 0.600. The quantitative estimate of drug-likeness (QED) is 0.749. The minimum atomic E-state index is -0.254. The highest BCUT2D eigenvalue weighted by Crippen LogP contribution is 2.23. The lowest BCUT2D eigenvalue weighted by Gasteiger charge is -2.39. The van der Waals surface area contributed by atoms with Gasteiger partial charge in [0.25, 0.3) is 0 Å². The van der Waals surface area contributed by atoms with Crippen molar-refractivity contribution in [2.75, 3.05) is 27.8 Å². The highest BCUT2D eigenvalue weighted by atomic mass is 35.5. The van der Waals surface area contributed by atoms with Crippen LogP contribution < -0.4 is 5.73 Å². The van der Waals surface area contributed by atoms with Crippen molar-refractivity contribution in [1.82, 2.24) is 4.90 Å².